The lowest BCUT2D eigenvalue weighted by Crippen LogP contribution is -2.24. The van der Waals surface area contributed by atoms with Gasteiger partial charge in [-0.3, -0.25) is 4.90 Å². The highest BCUT2D eigenvalue weighted by molar-refractivity contribution is 5.27. The van der Waals surface area contributed by atoms with E-state index in [1.807, 2.05) is 19.2 Å². The highest BCUT2D eigenvalue weighted by Gasteiger charge is 2.21. The lowest BCUT2D eigenvalue weighted by molar-refractivity contribution is -0.0498. The van der Waals surface area contributed by atoms with Crippen molar-refractivity contribution in [3.05, 3.63) is 29.8 Å². The maximum absolute atomic E-state index is 12.0. The zero-order chi connectivity index (χ0) is 13.7. The molecule has 1 aromatic rings. The van der Waals surface area contributed by atoms with Gasteiger partial charge in [-0.05, 0) is 50.2 Å². The summed E-state index contributed by atoms with van der Waals surface area (Å²) >= 11 is 0. The number of rotatable bonds is 6. The SMILES string of the molecule is CNCC1CCN(Cc2ccc(OC(F)F)cc2)C1. The summed E-state index contributed by atoms with van der Waals surface area (Å²) in [4.78, 5) is 2.39. The van der Waals surface area contributed by atoms with Gasteiger partial charge >= 0.3 is 6.61 Å². The molecule has 0 saturated carbocycles. The van der Waals surface area contributed by atoms with Crippen LogP contribution in [-0.2, 0) is 6.54 Å². The van der Waals surface area contributed by atoms with Crippen molar-refractivity contribution in [2.24, 2.45) is 5.92 Å². The Bertz CT molecular complexity index is 384. The molecule has 0 spiro atoms. The molecule has 0 amide bonds. The van der Waals surface area contributed by atoms with E-state index in [2.05, 4.69) is 15.0 Å². The number of benzene rings is 1. The second kappa shape index (κ2) is 6.82. The average Bonchev–Trinajstić information content (AvgIpc) is 2.79. The van der Waals surface area contributed by atoms with Gasteiger partial charge in [0.25, 0.3) is 0 Å². The zero-order valence-corrected chi connectivity index (χ0v) is 11.1. The Morgan fingerprint density at radius 3 is 2.74 bits per heavy atom. The molecule has 1 saturated heterocycles. The summed E-state index contributed by atoms with van der Waals surface area (Å²) in [6, 6.07) is 6.90. The third kappa shape index (κ3) is 4.44. The number of nitrogens with zero attached hydrogens (tertiary/aromatic N) is 1. The lowest BCUT2D eigenvalue weighted by Gasteiger charge is -2.16. The Kier molecular flexibility index (Phi) is 5.10. The molecule has 1 aliphatic heterocycles. The van der Waals surface area contributed by atoms with Gasteiger partial charge in [0.1, 0.15) is 5.75 Å². The first-order valence-corrected chi connectivity index (χ1v) is 6.58. The molecule has 5 heteroatoms. The Morgan fingerprint density at radius 2 is 2.11 bits per heavy atom. The van der Waals surface area contributed by atoms with Crippen molar-refractivity contribution >= 4 is 0 Å². The fraction of sp³-hybridized carbons (Fsp3) is 0.571. The average molecular weight is 270 g/mol. The minimum absolute atomic E-state index is 0.216. The highest BCUT2D eigenvalue weighted by Crippen LogP contribution is 2.20. The molecule has 0 aromatic heterocycles. The van der Waals surface area contributed by atoms with Crippen molar-refractivity contribution in [3.8, 4) is 5.75 Å². The third-order valence-corrected chi connectivity index (χ3v) is 3.42. The molecule has 19 heavy (non-hydrogen) atoms. The summed E-state index contributed by atoms with van der Waals surface area (Å²) in [6.45, 7) is 1.36. The van der Waals surface area contributed by atoms with Gasteiger partial charge < -0.3 is 10.1 Å². The Labute approximate surface area is 112 Å². The molecule has 1 unspecified atom stereocenters. The van der Waals surface area contributed by atoms with Crippen LogP contribution in [0.2, 0.25) is 0 Å². The number of hydrogen-bond donors (Lipinski definition) is 1. The Morgan fingerprint density at radius 1 is 1.37 bits per heavy atom. The molecule has 106 valence electrons. The predicted molar refractivity (Wildman–Crippen MR) is 70.4 cm³/mol. The first kappa shape index (κ1) is 14.2. The summed E-state index contributed by atoms with van der Waals surface area (Å²) in [5, 5.41) is 3.21. The molecule has 3 nitrogen and oxygen atoms in total. The van der Waals surface area contributed by atoms with Crippen molar-refractivity contribution in [3.63, 3.8) is 0 Å². The molecule has 1 N–H and O–H groups in total. The van der Waals surface area contributed by atoms with Gasteiger partial charge in [0.2, 0.25) is 0 Å². The van der Waals surface area contributed by atoms with Crippen LogP contribution in [0.3, 0.4) is 0 Å². The van der Waals surface area contributed by atoms with Crippen molar-refractivity contribution in [1.29, 1.82) is 0 Å². The number of ether oxygens (including phenoxy) is 1. The van der Waals surface area contributed by atoms with E-state index in [0.717, 1.165) is 31.7 Å². The van der Waals surface area contributed by atoms with Gasteiger partial charge in [-0.25, -0.2) is 0 Å². The van der Waals surface area contributed by atoms with E-state index in [4.69, 9.17) is 0 Å². The quantitative estimate of drug-likeness (QED) is 0.858. The van der Waals surface area contributed by atoms with Gasteiger partial charge in [-0.1, -0.05) is 12.1 Å². The number of likely N-dealkylation sites (tertiary alicyclic amines) is 1. The summed E-state index contributed by atoms with van der Waals surface area (Å²) < 4.78 is 28.4. The molecular weight excluding hydrogens is 250 g/mol. The molecule has 2 rings (SSSR count). The smallest absolute Gasteiger partial charge is 0.387 e. The predicted octanol–water partition coefficient (Wildman–Crippen LogP) is 2.33. The third-order valence-electron chi connectivity index (χ3n) is 3.42. The van der Waals surface area contributed by atoms with Crippen molar-refractivity contribution in [2.75, 3.05) is 26.7 Å². The van der Waals surface area contributed by atoms with Gasteiger partial charge in [-0.15, -0.1) is 0 Å². The fourth-order valence-corrected chi connectivity index (χ4v) is 2.55. The molecule has 1 aliphatic rings. The Hall–Kier alpha value is -1.20. The first-order valence-electron chi connectivity index (χ1n) is 6.58. The maximum atomic E-state index is 12.0. The number of nitrogens with one attached hydrogen (secondary N) is 1. The monoisotopic (exact) mass is 270 g/mol. The van der Waals surface area contributed by atoms with Crippen LogP contribution in [0.15, 0.2) is 24.3 Å². The minimum Gasteiger partial charge on any atom is -0.435 e. The van der Waals surface area contributed by atoms with Crippen molar-refractivity contribution in [2.45, 2.75) is 19.6 Å². The van der Waals surface area contributed by atoms with Crippen LogP contribution in [0, 0.1) is 5.92 Å². The van der Waals surface area contributed by atoms with E-state index in [1.165, 1.54) is 6.42 Å². The van der Waals surface area contributed by atoms with E-state index in [1.54, 1.807) is 12.1 Å². The molecule has 1 heterocycles. The second-order valence-corrected chi connectivity index (χ2v) is 4.97. The van der Waals surface area contributed by atoms with Gasteiger partial charge in [0.05, 0.1) is 0 Å². The second-order valence-electron chi connectivity index (χ2n) is 4.97. The van der Waals surface area contributed by atoms with Crippen LogP contribution in [-0.4, -0.2) is 38.2 Å². The number of hydrogen-bond acceptors (Lipinski definition) is 3. The van der Waals surface area contributed by atoms with Crippen LogP contribution in [0.5, 0.6) is 5.75 Å². The summed E-state index contributed by atoms with van der Waals surface area (Å²) in [6.07, 6.45) is 1.22. The standard InChI is InChI=1S/C14H20F2N2O/c1-17-8-12-6-7-18(10-12)9-11-2-4-13(5-3-11)19-14(15)16/h2-5,12,14,17H,6-10H2,1H3. The summed E-state index contributed by atoms with van der Waals surface area (Å²) in [7, 11) is 1.98. The van der Waals surface area contributed by atoms with Gasteiger partial charge in [0.15, 0.2) is 0 Å². The molecule has 1 fully saturated rings. The largest absolute Gasteiger partial charge is 0.435 e. The first-order chi connectivity index (χ1) is 9.17. The van der Waals surface area contributed by atoms with E-state index in [9.17, 15) is 8.78 Å². The van der Waals surface area contributed by atoms with E-state index >= 15 is 0 Å². The van der Waals surface area contributed by atoms with Crippen LogP contribution in [0.4, 0.5) is 8.78 Å². The molecule has 0 aliphatic carbocycles. The molecule has 0 bridgehead atoms. The van der Waals surface area contributed by atoms with Gasteiger partial charge in [-0.2, -0.15) is 8.78 Å². The van der Waals surface area contributed by atoms with Crippen LogP contribution in [0.25, 0.3) is 0 Å². The highest BCUT2D eigenvalue weighted by atomic mass is 19.3. The van der Waals surface area contributed by atoms with Gasteiger partial charge in [0, 0.05) is 13.1 Å². The van der Waals surface area contributed by atoms with Crippen molar-refractivity contribution in [1.82, 2.24) is 10.2 Å². The van der Waals surface area contributed by atoms with Crippen LogP contribution in [0.1, 0.15) is 12.0 Å². The van der Waals surface area contributed by atoms with Crippen LogP contribution < -0.4 is 10.1 Å². The number of alkyl halides is 2. The van der Waals surface area contributed by atoms with E-state index in [0.29, 0.717) is 5.92 Å². The summed E-state index contributed by atoms with van der Waals surface area (Å²) in [5.41, 5.74) is 1.13. The van der Waals surface area contributed by atoms with E-state index < -0.39 is 6.61 Å². The lowest BCUT2D eigenvalue weighted by atomic mass is 10.1. The topological polar surface area (TPSA) is 24.5 Å². The molecular formula is C14H20F2N2O. The van der Waals surface area contributed by atoms with Crippen LogP contribution >= 0.6 is 0 Å². The molecule has 1 aromatic carbocycles. The normalized spacial score (nSPS) is 20.1. The zero-order valence-electron chi connectivity index (χ0n) is 11.1. The Balaban J connectivity index is 1.83. The molecule has 0 radical (unpaired) electrons. The minimum atomic E-state index is -2.76. The number of halogens is 2. The summed E-state index contributed by atoms with van der Waals surface area (Å²) in [5.74, 6) is 0.930. The maximum Gasteiger partial charge on any atom is 0.387 e. The van der Waals surface area contributed by atoms with E-state index in [-0.39, 0.29) is 5.75 Å². The van der Waals surface area contributed by atoms with Crippen molar-refractivity contribution < 1.29 is 13.5 Å². The fourth-order valence-electron chi connectivity index (χ4n) is 2.55. The molecule has 1 atom stereocenters.